The Hall–Kier alpha value is -2.00. The lowest BCUT2D eigenvalue weighted by molar-refractivity contribution is 0.0117. The van der Waals surface area contributed by atoms with Gasteiger partial charge in [-0.3, -0.25) is 9.69 Å². The van der Waals surface area contributed by atoms with Crippen LogP contribution >= 0.6 is 22.7 Å². The number of aryl methyl sites for hydroxylation is 1. The molecule has 0 saturated carbocycles. The van der Waals surface area contributed by atoms with Crippen molar-refractivity contribution in [2.75, 3.05) is 32.8 Å². The summed E-state index contributed by atoms with van der Waals surface area (Å²) in [7, 11) is 0. The Bertz CT molecular complexity index is 882. The van der Waals surface area contributed by atoms with Crippen molar-refractivity contribution in [1.82, 2.24) is 15.2 Å². The van der Waals surface area contributed by atoms with Crippen molar-refractivity contribution < 1.29 is 13.9 Å². The monoisotopic (exact) mass is 403 g/mol. The molecule has 1 saturated heterocycles. The van der Waals surface area contributed by atoms with Crippen molar-refractivity contribution in [3.05, 3.63) is 52.2 Å². The maximum absolute atomic E-state index is 12.6. The summed E-state index contributed by atoms with van der Waals surface area (Å²) in [5.74, 6) is 1.65. The first-order chi connectivity index (χ1) is 13.2. The Morgan fingerprint density at radius 2 is 2.19 bits per heavy atom. The van der Waals surface area contributed by atoms with E-state index in [1.165, 1.54) is 11.3 Å². The van der Waals surface area contributed by atoms with E-state index in [4.69, 9.17) is 9.15 Å². The van der Waals surface area contributed by atoms with Crippen molar-refractivity contribution in [2.24, 2.45) is 0 Å². The maximum Gasteiger partial charge on any atom is 0.263 e. The lowest BCUT2D eigenvalue weighted by Gasteiger charge is -2.33. The second-order valence-corrected chi connectivity index (χ2v) is 8.31. The molecule has 3 aromatic heterocycles. The highest BCUT2D eigenvalue weighted by atomic mass is 32.1. The van der Waals surface area contributed by atoms with E-state index in [0.29, 0.717) is 24.6 Å². The molecule has 1 N–H and O–H groups in total. The summed E-state index contributed by atoms with van der Waals surface area (Å²) < 4.78 is 11.3. The number of furan rings is 1. The smallest absolute Gasteiger partial charge is 0.263 e. The summed E-state index contributed by atoms with van der Waals surface area (Å²) >= 11 is 3.04. The molecule has 142 valence electrons. The van der Waals surface area contributed by atoms with E-state index in [-0.39, 0.29) is 11.9 Å². The first kappa shape index (κ1) is 18.4. The Balaban J connectivity index is 1.44. The largest absolute Gasteiger partial charge is 0.465 e. The molecule has 6 nitrogen and oxygen atoms in total. The summed E-state index contributed by atoms with van der Waals surface area (Å²) in [5.41, 5.74) is 0. The van der Waals surface area contributed by atoms with Crippen molar-refractivity contribution >= 4 is 28.6 Å². The molecule has 0 aromatic carbocycles. The topological polar surface area (TPSA) is 67.6 Å². The molecular weight excluding hydrogens is 382 g/mol. The predicted octanol–water partition coefficient (Wildman–Crippen LogP) is 3.58. The van der Waals surface area contributed by atoms with Crippen molar-refractivity contribution in [3.8, 4) is 9.88 Å². The highest BCUT2D eigenvalue weighted by Crippen LogP contribution is 2.29. The quantitative estimate of drug-likeness (QED) is 0.681. The van der Waals surface area contributed by atoms with Gasteiger partial charge in [-0.15, -0.1) is 22.7 Å². The van der Waals surface area contributed by atoms with Gasteiger partial charge in [0, 0.05) is 19.6 Å². The fourth-order valence-corrected chi connectivity index (χ4v) is 4.74. The van der Waals surface area contributed by atoms with Gasteiger partial charge in [-0.1, -0.05) is 6.07 Å². The molecule has 27 heavy (non-hydrogen) atoms. The maximum atomic E-state index is 12.6. The number of nitrogens with zero attached hydrogens (tertiary/aromatic N) is 2. The standard InChI is InChI=1S/C19H21N3O3S2/c1-13-4-5-15(25-13)14(22-6-8-24-9-7-22)11-20-18(23)17-12-21-19(27-17)16-3-2-10-26-16/h2-5,10,12,14H,6-9,11H2,1H3,(H,20,23). The summed E-state index contributed by atoms with van der Waals surface area (Å²) in [6, 6.07) is 7.94. The van der Waals surface area contributed by atoms with Crippen molar-refractivity contribution in [3.63, 3.8) is 0 Å². The lowest BCUT2D eigenvalue weighted by Crippen LogP contribution is -2.43. The number of nitrogens with one attached hydrogen (secondary N) is 1. The summed E-state index contributed by atoms with van der Waals surface area (Å²) in [6.07, 6.45) is 1.65. The van der Waals surface area contributed by atoms with Gasteiger partial charge in [0.1, 0.15) is 21.4 Å². The highest BCUT2D eigenvalue weighted by Gasteiger charge is 2.26. The molecule has 4 rings (SSSR count). The molecule has 4 heterocycles. The van der Waals surface area contributed by atoms with Crippen LogP contribution in [0.15, 0.2) is 40.3 Å². The molecule has 0 aliphatic carbocycles. The molecule has 1 aliphatic rings. The first-order valence-corrected chi connectivity index (χ1v) is 10.6. The molecular formula is C19H21N3O3S2. The third-order valence-corrected chi connectivity index (χ3v) is 6.53. The van der Waals surface area contributed by atoms with Crippen LogP contribution in [0.25, 0.3) is 9.88 Å². The number of carbonyl (C=O) groups excluding carboxylic acids is 1. The Morgan fingerprint density at radius 3 is 2.89 bits per heavy atom. The molecule has 0 radical (unpaired) electrons. The van der Waals surface area contributed by atoms with E-state index >= 15 is 0 Å². The van der Waals surface area contributed by atoms with Gasteiger partial charge in [0.2, 0.25) is 0 Å². The van der Waals surface area contributed by atoms with Crippen molar-refractivity contribution in [1.29, 1.82) is 0 Å². The first-order valence-electron chi connectivity index (χ1n) is 8.87. The molecule has 3 aromatic rings. The van der Waals surface area contributed by atoms with Crippen LogP contribution in [0.3, 0.4) is 0 Å². The summed E-state index contributed by atoms with van der Waals surface area (Å²) in [5, 5.41) is 5.94. The highest BCUT2D eigenvalue weighted by molar-refractivity contribution is 7.21. The van der Waals surface area contributed by atoms with Gasteiger partial charge in [-0.05, 0) is 30.5 Å². The normalized spacial score (nSPS) is 16.3. The fraction of sp³-hybridized carbons (Fsp3) is 0.368. The van der Waals surface area contributed by atoms with Gasteiger partial charge in [0.25, 0.3) is 5.91 Å². The van der Waals surface area contributed by atoms with Gasteiger partial charge < -0.3 is 14.5 Å². The minimum Gasteiger partial charge on any atom is -0.465 e. The number of hydrogen-bond acceptors (Lipinski definition) is 7. The molecule has 1 fully saturated rings. The molecule has 1 atom stereocenters. The summed E-state index contributed by atoms with van der Waals surface area (Å²) in [4.78, 5) is 21.0. The van der Waals surface area contributed by atoms with Crippen LogP contribution < -0.4 is 5.32 Å². The van der Waals surface area contributed by atoms with Crippen LogP contribution in [-0.4, -0.2) is 48.6 Å². The minimum absolute atomic E-state index is 0.00348. The van der Waals surface area contributed by atoms with E-state index in [2.05, 4.69) is 15.2 Å². The molecule has 8 heteroatoms. The number of rotatable bonds is 6. The second kappa shape index (κ2) is 8.35. The van der Waals surface area contributed by atoms with Crippen LogP contribution in [0.5, 0.6) is 0 Å². The molecule has 1 unspecified atom stereocenters. The van der Waals surface area contributed by atoms with Gasteiger partial charge in [-0.25, -0.2) is 4.98 Å². The number of ether oxygens (including phenoxy) is 1. The Kier molecular flexibility index (Phi) is 5.68. The molecule has 0 bridgehead atoms. The zero-order valence-corrected chi connectivity index (χ0v) is 16.6. The van der Waals surface area contributed by atoms with E-state index in [0.717, 1.165) is 34.5 Å². The van der Waals surface area contributed by atoms with Crippen LogP contribution in [0, 0.1) is 6.92 Å². The van der Waals surface area contributed by atoms with Gasteiger partial charge in [0.15, 0.2) is 0 Å². The average Bonchev–Trinajstić information content (AvgIpc) is 3.44. The summed E-state index contributed by atoms with van der Waals surface area (Å²) in [6.45, 7) is 5.46. The van der Waals surface area contributed by atoms with Crippen molar-refractivity contribution in [2.45, 2.75) is 13.0 Å². The van der Waals surface area contributed by atoms with Gasteiger partial charge in [0.05, 0.1) is 30.3 Å². The second-order valence-electron chi connectivity index (χ2n) is 6.33. The van der Waals surface area contributed by atoms with Gasteiger partial charge >= 0.3 is 0 Å². The van der Waals surface area contributed by atoms with E-state index in [1.807, 2.05) is 36.6 Å². The molecule has 0 spiro atoms. The number of hydrogen-bond donors (Lipinski definition) is 1. The fourth-order valence-electron chi connectivity index (χ4n) is 3.10. The number of thiazole rings is 1. The Morgan fingerprint density at radius 1 is 1.33 bits per heavy atom. The van der Waals surface area contributed by atoms with Crippen LogP contribution in [0.2, 0.25) is 0 Å². The number of aromatic nitrogens is 1. The Labute approximate surface area is 165 Å². The van der Waals surface area contributed by atoms with E-state index in [1.54, 1.807) is 17.5 Å². The van der Waals surface area contributed by atoms with Gasteiger partial charge in [-0.2, -0.15) is 0 Å². The van der Waals surface area contributed by atoms with Crippen LogP contribution in [0.1, 0.15) is 27.2 Å². The number of thiophene rings is 1. The SMILES string of the molecule is Cc1ccc(C(CNC(=O)c2cnc(-c3cccs3)s2)N2CCOCC2)o1. The number of carbonyl (C=O) groups is 1. The van der Waals surface area contributed by atoms with E-state index in [9.17, 15) is 4.79 Å². The third kappa shape index (κ3) is 4.30. The molecule has 1 aliphatic heterocycles. The number of amides is 1. The van der Waals surface area contributed by atoms with Crippen LogP contribution in [-0.2, 0) is 4.74 Å². The number of morpholine rings is 1. The average molecular weight is 404 g/mol. The molecule has 1 amide bonds. The zero-order chi connectivity index (χ0) is 18.6. The zero-order valence-electron chi connectivity index (χ0n) is 15.0. The third-order valence-electron chi connectivity index (χ3n) is 4.49. The lowest BCUT2D eigenvalue weighted by atomic mass is 10.1. The van der Waals surface area contributed by atoms with Crippen LogP contribution in [0.4, 0.5) is 0 Å². The predicted molar refractivity (Wildman–Crippen MR) is 106 cm³/mol. The van der Waals surface area contributed by atoms with E-state index < -0.39 is 0 Å². The minimum atomic E-state index is -0.100.